The number of carbonyl (C=O) groups is 3. The number of aliphatic hydroxyl groups is 1. The number of aryl methyl sites for hydroxylation is 1. The normalized spacial score (nSPS) is 29.9. The quantitative estimate of drug-likeness (QED) is 0.181. The van der Waals surface area contributed by atoms with Crippen molar-refractivity contribution in [1.29, 1.82) is 0 Å². The fourth-order valence-electron chi connectivity index (χ4n) is 6.26. The van der Waals surface area contributed by atoms with E-state index in [2.05, 4.69) is 22.5 Å². The molecule has 2 bridgehead atoms. The van der Waals surface area contributed by atoms with Crippen molar-refractivity contribution in [2.24, 2.45) is 11.8 Å². The van der Waals surface area contributed by atoms with Gasteiger partial charge in [-0.05, 0) is 51.2 Å². The number of fused-ring (bicyclic) bond motifs is 1. The first-order valence-corrected chi connectivity index (χ1v) is 14.1. The molecule has 0 aromatic heterocycles. The lowest BCUT2D eigenvalue weighted by Gasteiger charge is -2.37. The Kier molecular flexibility index (Phi) is 8.68. The maximum atomic E-state index is 14.5. The molecule has 1 spiro atoms. The van der Waals surface area contributed by atoms with Crippen molar-refractivity contribution in [3.63, 3.8) is 0 Å². The monoisotopic (exact) mass is 596 g/mol. The van der Waals surface area contributed by atoms with E-state index in [4.69, 9.17) is 21.1 Å². The number of aliphatic hydroxyl groups excluding tert-OH is 1. The number of carbonyl (C=O) groups excluding carboxylic acids is 3. The number of hydrogen-bond donors (Lipinski definition) is 1. The molecule has 0 aliphatic carbocycles. The standard InChI is InChI=1S/C27H34BrClN2O6/c1-4-12-30(21-16(3)10-9-11-18(21)29)25(34)23-27-15-17(28)22(37-27)19(26(35)36-5-2)20(27)24(33)31(23)13-7-6-8-14-32/h4,9-11,17,19-20,22-23,32H,1,5-8,12-15H2,2-3H3/t17?,19-,20-,22-,23?,27?/m0/s1. The fraction of sp³-hybridized carbons (Fsp3) is 0.593. The van der Waals surface area contributed by atoms with Gasteiger partial charge in [0.1, 0.15) is 11.6 Å². The predicted octanol–water partition coefficient (Wildman–Crippen LogP) is 3.64. The van der Waals surface area contributed by atoms with Crippen LogP contribution in [0.1, 0.15) is 38.2 Å². The van der Waals surface area contributed by atoms with Crippen molar-refractivity contribution >= 4 is 51.0 Å². The Labute approximate surface area is 231 Å². The van der Waals surface area contributed by atoms with Crippen molar-refractivity contribution in [3.8, 4) is 0 Å². The highest BCUT2D eigenvalue weighted by molar-refractivity contribution is 9.09. The van der Waals surface area contributed by atoms with Gasteiger partial charge in [0.05, 0.1) is 35.3 Å². The maximum Gasteiger partial charge on any atom is 0.312 e. The number of rotatable bonds is 11. The SMILES string of the molecule is C=CCN(C(=O)C1N(CCCCCO)C(=O)[C@@H]2[C@H](C(=O)OCC)[C@H]3OC12CC3Br)c1c(C)cccc1Cl. The predicted molar refractivity (Wildman–Crippen MR) is 144 cm³/mol. The first kappa shape index (κ1) is 28.1. The van der Waals surface area contributed by atoms with E-state index < -0.39 is 35.6 Å². The van der Waals surface area contributed by atoms with Crippen LogP contribution in [0, 0.1) is 18.8 Å². The highest BCUT2D eigenvalue weighted by Crippen LogP contribution is 2.60. The van der Waals surface area contributed by atoms with Crippen LogP contribution in [-0.4, -0.2) is 76.7 Å². The lowest BCUT2D eigenvalue weighted by molar-refractivity contribution is -0.154. The van der Waals surface area contributed by atoms with Gasteiger partial charge in [0.25, 0.3) is 5.91 Å². The van der Waals surface area contributed by atoms with E-state index in [1.807, 2.05) is 19.1 Å². The number of nitrogens with zero attached hydrogens (tertiary/aromatic N) is 2. The number of ether oxygens (including phenoxy) is 2. The molecule has 10 heteroatoms. The molecule has 37 heavy (non-hydrogen) atoms. The van der Waals surface area contributed by atoms with E-state index in [-0.39, 0.29) is 36.4 Å². The van der Waals surface area contributed by atoms with E-state index in [1.165, 1.54) is 0 Å². The number of benzene rings is 1. The van der Waals surface area contributed by atoms with Gasteiger partial charge in [0, 0.05) is 24.5 Å². The van der Waals surface area contributed by atoms with Gasteiger partial charge in [-0.15, -0.1) is 6.58 Å². The van der Waals surface area contributed by atoms with Gasteiger partial charge in [0.2, 0.25) is 5.91 Å². The average Bonchev–Trinajstić information content (AvgIpc) is 3.44. The van der Waals surface area contributed by atoms with Crippen molar-refractivity contribution in [2.75, 3.05) is 31.2 Å². The molecule has 0 radical (unpaired) electrons. The summed E-state index contributed by atoms with van der Waals surface area (Å²) in [4.78, 5) is 44.5. The number of likely N-dealkylation sites (tertiary alicyclic amines) is 1. The zero-order chi connectivity index (χ0) is 26.9. The van der Waals surface area contributed by atoms with Gasteiger partial charge in [0.15, 0.2) is 0 Å². The average molecular weight is 598 g/mol. The third-order valence-corrected chi connectivity index (χ3v) is 8.82. The molecule has 1 aromatic rings. The summed E-state index contributed by atoms with van der Waals surface area (Å²) in [5.41, 5.74) is 0.206. The molecule has 3 aliphatic rings. The third-order valence-electron chi connectivity index (χ3n) is 7.68. The molecule has 3 heterocycles. The van der Waals surface area contributed by atoms with Crippen molar-refractivity contribution in [3.05, 3.63) is 41.4 Å². The van der Waals surface area contributed by atoms with E-state index in [9.17, 15) is 19.5 Å². The van der Waals surface area contributed by atoms with Gasteiger partial charge in [-0.25, -0.2) is 0 Å². The number of unbranched alkanes of at least 4 members (excludes halogenated alkanes) is 2. The van der Waals surface area contributed by atoms with Crippen molar-refractivity contribution in [2.45, 2.75) is 62.1 Å². The second kappa shape index (κ2) is 11.4. The van der Waals surface area contributed by atoms with E-state index in [1.54, 1.807) is 28.9 Å². The number of esters is 1. The van der Waals surface area contributed by atoms with E-state index in [0.29, 0.717) is 42.9 Å². The first-order chi connectivity index (χ1) is 17.7. The minimum atomic E-state index is -1.17. The zero-order valence-corrected chi connectivity index (χ0v) is 23.5. The van der Waals surface area contributed by atoms with Crippen molar-refractivity contribution < 1.29 is 29.0 Å². The second-order valence-electron chi connectivity index (χ2n) is 9.87. The summed E-state index contributed by atoms with van der Waals surface area (Å²) < 4.78 is 11.9. The van der Waals surface area contributed by atoms with Crippen molar-refractivity contribution in [1.82, 2.24) is 4.90 Å². The van der Waals surface area contributed by atoms with Gasteiger partial charge in [-0.2, -0.15) is 0 Å². The first-order valence-electron chi connectivity index (χ1n) is 12.8. The second-order valence-corrected chi connectivity index (χ2v) is 11.5. The van der Waals surface area contributed by atoms with Crippen LogP contribution in [0.2, 0.25) is 5.02 Å². The Morgan fingerprint density at radius 3 is 2.78 bits per heavy atom. The highest BCUT2D eigenvalue weighted by atomic mass is 79.9. The summed E-state index contributed by atoms with van der Waals surface area (Å²) in [5.74, 6) is -2.67. The lowest BCUT2D eigenvalue weighted by atomic mass is 9.70. The lowest BCUT2D eigenvalue weighted by Crippen LogP contribution is -2.57. The maximum absolute atomic E-state index is 14.5. The molecule has 3 aliphatic heterocycles. The number of halogens is 2. The van der Waals surface area contributed by atoms with Gasteiger partial charge >= 0.3 is 5.97 Å². The number of para-hydroxylation sites is 1. The summed E-state index contributed by atoms with van der Waals surface area (Å²) in [6.07, 6.45) is 3.39. The Bertz CT molecular complexity index is 1050. The van der Waals surface area contributed by atoms with Gasteiger partial charge < -0.3 is 24.4 Å². The Morgan fingerprint density at radius 1 is 1.38 bits per heavy atom. The van der Waals surface area contributed by atoms with E-state index >= 15 is 0 Å². The van der Waals surface area contributed by atoms with Gasteiger partial charge in [-0.3, -0.25) is 14.4 Å². The summed E-state index contributed by atoms with van der Waals surface area (Å²) in [6.45, 7) is 8.19. The van der Waals surface area contributed by atoms with Crippen LogP contribution in [0.4, 0.5) is 5.69 Å². The van der Waals surface area contributed by atoms with Crippen LogP contribution < -0.4 is 4.90 Å². The Morgan fingerprint density at radius 2 is 2.14 bits per heavy atom. The molecular formula is C27H34BrClN2O6. The molecule has 2 amide bonds. The third kappa shape index (κ3) is 4.73. The minimum absolute atomic E-state index is 0.0583. The fourth-order valence-corrected chi connectivity index (χ4v) is 7.53. The molecular weight excluding hydrogens is 564 g/mol. The Balaban J connectivity index is 1.79. The molecule has 0 saturated carbocycles. The number of anilines is 1. The smallest absolute Gasteiger partial charge is 0.312 e. The molecule has 3 unspecified atom stereocenters. The van der Waals surface area contributed by atoms with Crippen LogP contribution in [0.25, 0.3) is 0 Å². The topological polar surface area (TPSA) is 96.4 Å². The summed E-state index contributed by atoms with van der Waals surface area (Å²) in [7, 11) is 0. The molecule has 1 aromatic carbocycles. The molecule has 3 saturated heterocycles. The van der Waals surface area contributed by atoms with Crippen LogP contribution in [-0.2, 0) is 23.9 Å². The van der Waals surface area contributed by atoms with E-state index in [0.717, 1.165) is 5.56 Å². The highest BCUT2D eigenvalue weighted by Gasteiger charge is 2.77. The molecule has 1 N–H and O–H groups in total. The number of hydrogen-bond acceptors (Lipinski definition) is 6. The number of amides is 2. The molecule has 6 atom stereocenters. The van der Waals surface area contributed by atoms with Crippen LogP contribution in [0.3, 0.4) is 0 Å². The van der Waals surface area contributed by atoms with Crippen LogP contribution >= 0.6 is 27.5 Å². The summed E-state index contributed by atoms with van der Waals surface area (Å²) in [5, 5.41) is 9.63. The zero-order valence-electron chi connectivity index (χ0n) is 21.2. The van der Waals surface area contributed by atoms with Gasteiger partial charge in [-0.1, -0.05) is 45.7 Å². The van der Waals surface area contributed by atoms with Crippen LogP contribution in [0.5, 0.6) is 0 Å². The van der Waals surface area contributed by atoms with Crippen LogP contribution in [0.15, 0.2) is 30.9 Å². The minimum Gasteiger partial charge on any atom is -0.466 e. The molecule has 202 valence electrons. The Hall–Kier alpha value is -1.94. The molecule has 4 rings (SSSR count). The molecule has 3 fully saturated rings. The summed E-state index contributed by atoms with van der Waals surface area (Å²) >= 11 is 10.2. The molecule has 8 nitrogen and oxygen atoms in total. The summed E-state index contributed by atoms with van der Waals surface area (Å²) in [6, 6.07) is 4.48. The largest absolute Gasteiger partial charge is 0.466 e. The number of alkyl halides is 1.